The minimum Gasteiger partial charge on any atom is -0.465 e. The third-order valence-electron chi connectivity index (χ3n) is 2.58. The SMILES string of the molecule is COC(=O)c1ccc(/C=N\Nc2nnc(C)n2N)cc1. The molecule has 1 heterocycles. The van der Waals surface area contributed by atoms with Crippen LogP contribution in [0, 0.1) is 6.92 Å². The van der Waals surface area contributed by atoms with Crippen molar-refractivity contribution in [3.63, 3.8) is 0 Å². The summed E-state index contributed by atoms with van der Waals surface area (Å²) in [5.74, 6) is 6.19. The maximum atomic E-state index is 11.3. The summed E-state index contributed by atoms with van der Waals surface area (Å²) in [6.07, 6.45) is 1.57. The molecule has 2 aromatic rings. The predicted octanol–water partition coefficient (Wildman–Crippen LogP) is 0.533. The molecule has 20 heavy (non-hydrogen) atoms. The zero-order valence-electron chi connectivity index (χ0n) is 11.1. The van der Waals surface area contributed by atoms with Gasteiger partial charge in [-0.3, -0.25) is 0 Å². The molecule has 1 aromatic heterocycles. The normalized spacial score (nSPS) is 10.7. The zero-order valence-corrected chi connectivity index (χ0v) is 11.1. The highest BCUT2D eigenvalue weighted by Crippen LogP contribution is 2.05. The van der Waals surface area contributed by atoms with Crippen molar-refractivity contribution in [2.75, 3.05) is 18.4 Å². The van der Waals surface area contributed by atoms with Crippen LogP contribution < -0.4 is 11.3 Å². The molecule has 0 aliphatic rings. The minimum atomic E-state index is -0.377. The number of nitrogen functional groups attached to an aromatic ring is 1. The number of hydrogen-bond acceptors (Lipinski definition) is 7. The van der Waals surface area contributed by atoms with Gasteiger partial charge in [0.2, 0.25) is 0 Å². The number of benzene rings is 1. The molecule has 0 radical (unpaired) electrons. The lowest BCUT2D eigenvalue weighted by molar-refractivity contribution is 0.0601. The summed E-state index contributed by atoms with van der Waals surface area (Å²) in [6, 6.07) is 6.80. The van der Waals surface area contributed by atoms with Gasteiger partial charge in [-0.2, -0.15) is 5.10 Å². The van der Waals surface area contributed by atoms with Crippen LogP contribution >= 0.6 is 0 Å². The van der Waals surface area contributed by atoms with Crippen molar-refractivity contribution >= 4 is 18.1 Å². The highest BCUT2D eigenvalue weighted by Gasteiger charge is 2.04. The Kier molecular flexibility index (Phi) is 3.94. The molecule has 0 spiro atoms. The van der Waals surface area contributed by atoms with Crippen molar-refractivity contribution in [2.45, 2.75) is 6.92 Å². The van der Waals surface area contributed by atoms with E-state index in [-0.39, 0.29) is 5.97 Å². The maximum Gasteiger partial charge on any atom is 0.337 e. The number of aryl methyl sites for hydroxylation is 1. The highest BCUT2D eigenvalue weighted by atomic mass is 16.5. The number of esters is 1. The third-order valence-corrected chi connectivity index (χ3v) is 2.58. The largest absolute Gasteiger partial charge is 0.465 e. The van der Waals surface area contributed by atoms with E-state index in [1.54, 1.807) is 37.4 Å². The molecule has 0 bridgehead atoms. The molecule has 0 unspecified atom stereocenters. The number of nitrogens with one attached hydrogen (secondary N) is 1. The number of methoxy groups -OCH3 is 1. The fourth-order valence-corrected chi connectivity index (χ4v) is 1.43. The average Bonchev–Trinajstić information content (AvgIpc) is 2.79. The van der Waals surface area contributed by atoms with E-state index in [1.165, 1.54) is 11.8 Å². The Labute approximate surface area is 115 Å². The quantitative estimate of drug-likeness (QED) is 0.364. The first-order chi connectivity index (χ1) is 9.61. The standard InChI is InChI=1S/C12H14N6O2/c1-8-15-17-12(18(8)13)16-14-7-9-3-5-10(6-4-9)11(19)20-2/h3-7H,13H2,1-2H3,(H,16,17)/b14-7-. The Bertz CT molecular complexity index is 632. The van der Waals surface area contributed by atoms with Crippen molar-refractivity contribution in [2.24, 2.45) is 5.10 Å². The third kappa shape index (κ3) is 2.91. The first-order valence-corrected chi connectivity index (χ1v) is 5.76. The van der Waals surface area contributed by atoms with E-state index in [1.807, 2.05) is 0 Å². The molecule has 0 aliphatic carbocycles. The van der Waals surface area contributed by atoms with E-state index < -0.39 is 0 Å². The summed E-state index contributed by atoms with van der Waals surface area (Å²) in [5, 5.41) is 11.6. The van der Waals surface area contributed by atoms with Crippen LogP contribution in [-0.2, 0) is 4.74 Å². The first kappa shape index (κ1) is 13.5. The lowest BCUT2D eigenvalue weighted by Gasteiger charge is -2.00. The smallest absolute Gasteiger partial charge is 0.337 e. The van der Waals surface area contributed by atoms with Gasteiger partial charge >= 0.3 is 5.97 Å². The highest BCUT2D eigenvalue weighted by molar-refractivity contribution is 5.90. The molecule has 3 N–H and O–H groups in total. The van der Waals surface area contributed by atoms with Crippen LogP contribution in [0.1, 0.15) is 21.7 Å². The van der Waals surface area contributed by atoms with E-state index in [4.69, 9.17) is 5.84 Å². The van der Waals surface area contributed by atoms with Gasteiger partial charge in [-0.25, -0.2) is 14.9 Å². The Morgan fingerprint density at radius 3 is 2.65 bits per heavy atom. The summed E-state index contributed by atoms with van der Waals surface area (Å²) in [4.78, 5) is 11.3. The number of hydrazone groups is 1. The topological polar surface area (TPSA) is 107 Å². The summed E-state index contributed by atoms with van der Waals surface area (Å²) in [7, 11) is 1.34. The van der Waals surface area contributed by atoms with Crippen molar-refractivity contribution in [1.29, 1.82) is 0 Å². The number of ether oxygens (including phenoxy) is 1. The van der Waals surface area contributed by atoms with Gasteiger partial charge in [-0.05, 0) is 24.6 Å². The van der Waals surface area contributed by atoms with Gasteiger partial charge in [0.1, 0.15) is 0 Å². The minimum absolute atomic E-state index is 0.338. The zero-order chi connectivity index (χ0) is 14.5. The van der Waals surface area contributed by atoms with Gasteiger partial charge in [0.05, 0.1) is 18.9 Å². The Morgan fingerprint density at radius 2 is 2.10 bits per heavy atom. The molecular formula is C12H14N6O2. The van der Waals surface area contributed by atoms with Crippen molar-refractivity contribution < 1.29 is 9.53 Å². The number of anilines is 1. The van der Waals surface area contributed by atoms with E-state index in [0.29, 0.717) is 17.3 Å². The molecular weight excluding hydrogens is 260 g/mol. The Balaban J connectivity index is 2.01. The van der Waals surface area contributed by atoms with Gasteiger partial charge in [0, 0.05) is 0 Å². The fourth-order valence-electron chi connectivity index (χ4n) is 1.43. The number of carbonyl (C=O) groups is 1. The monoisotopic (exact) mass is 274 g/mol. The van der Waals surface area contributed by atoms with Gasteiger partial charge < -0.3 is 10.6 Å². The van der Waals surface area contributed by atoms with Crippen LogP contribution in [0.3, 0.4) is 0 Å². The van der Waals surface area contributed by atoms with Crippen LogP contribution in [0.4, 0.5) is 5.95 Å². The second-order valence-electron chi connectivity index (χ2n) is 3.92. The van der Waals surface area contributed by atoms with Crippen LogP contribution in [0.25, 0.3) is 0 Å². The lowest BCUT2D eigenvalue weighted by Crippen LogP contribution is -2.13. The van der Waals surface area contributed by atoms with Crippen molar-refractivity contribution in [1.82, 2.24) is 14.9 Å². The molecule has 0 saturated heterocycles. The van der Waals surface area contributed by atoms with Gasteiger partial charge in [0.25, 0.3) is 5.95 Å². The van der Waals surface area contributed by atoms with Crippen molar-refractivity contribution in [3.8, 4) is 0 Å². The number of nitrogens with two attached hydrogens (primary N) is 1. The number of nitrogens with zero attached hydrogens (tertiary/aromatic N) is 4. The van der Waals surface area contributed by atoms with Crippen LogP contribution in [0.5, 0.6) is 0 Å². The predicted molar refractivity (Wildman–Crippen MR) is 73.9 cm³/mol. The van der Waals surface area contributed by atoms with Gasteiger partial charge in [-0.1, -0.05) is 12.1 Å². The first-order valence-electron chi connectivity index (χ1n) is 5.76. The summed E-state index contributed by atoms with van der Waals surface area (Å²) < 4.78 is 5.90. The molecule has 2 rings (SSSR count). The summed E-state index contributed by atoms with van der Waals surface area (Å²) in [6.45, 7) is 1.73. The van der Waals surface area contributed by atoms with Crippen molar-refractivity contribution in [3.05, 3.63) is 41.2 Å². The summed E-state index contributed by atoms with van der Waals surface area (Å²) in [5.41, 5.74) is 3.96. The molecule has 1 aromatic carbocycles. The Morgan fingerprint density at radius 1 is 1.40 bits per heavy atom. The fraction of sp³-hybridized carbons (Fsp3) is 0.167. The molecule has 104 valence electrons. The molecule has 0 aliphatic heterocycles. The second kappa shape index (κ2) is 5.83. The molecule has 8 heteroatoms. The molecule has 0 amide bonds. The second-order valence-corrected chi connectivity index (χ2v) is 3.92. The number of carbonyl (C=O) groups excluding carboxylic acids is 1. The number of rotatable bonds is 4. The summed E-state index contributed by atoms with van der Waals surface area (Å²) >= 11 is 0. The number of aromatic nitrogens is 3. The average molecular weight is 274 g/mol. The van der Waals surface area contributed by atoms with Gasteiger partial charge in [-0.15, -0.1) is 10.2 Å². The molecule has 0 saturated carbocycles. The Hall–Kier alpha value is -2.90. The van der Waals surface area contributed by atoms with E-state index in [2.05, 4.69) is 25.5 Å². The van der Waals surface area contributed by atoms with Gasteiger partial charge in [0.15, 0.2) is 5.82 Å². The molecule has 8 nitrogen and oxygen atoms in total. The van der Waals surface area contributed by atoms with E-state index >= 15 is 0 Å². The maximum absolute atomic E-state index is 11.3. The molecule has 0 atom stereocenters. The lowest BCUT2D eigenvalue weighted by atomic mass is 10.1. The number of hydrogen-bond donors (Lipinski definition) is 2. The molecule has 0 fully saturated rings. The van der Waals surface area contributed by atoms with E-state index in [9.17, 15) is 4.79 Å². The van der Waals surface area contributed by atoms with Crippen LogP contribution in [0.2, 0.25) is 0 Å². The van der Waals surface area contributed by atoms with E-state index in [0.717, 1.165) is 5.56 Å². The van der Waals surface area contributed by atoms with Crippen LogP contribution in [0.15, 0.2) is 29.4 Å². The van der Waals surface area contributed by atoms with Crippen LogP contribution in [-0.4, -0.2) is 34.2 Å².